The number of piperidine rings is 1. The van der Waals surface area contributed by atoms with E-state index in [-0.39, 0.29) is 11.5 Å². The molecule has 1 rings (SSSR count). The maximum absolute atomic E-state index is 12.4. The van der Waals surface area contributed by atoms with Crippen molar-refractivity contribution in [1.29, 1.82) is 0 Å². The Morgan fingerprint density at radius 1 is 1.44 bits per heavy atom. The first-order valence-electron chi connectivity index (χ1n) is 6.54. The molecule has 1 unspecified atom stereocenters. The minimum absolute atomic E-state index is 0.0688. The van der Waals surface area contributed by atoms with Gasteiger partial charge in [-0.3, -0.25) is 0 Å². The molecule has 108 valence electrons. The van der Waals surface area contributed by atoms with Gasteiger partial charge in [0.15, 0.2) is 0 Å². The monoisotopic (exact) mass is 277 g/mol. The molecule has 0 saturated carbocycles. The zero-order chi connectivity index (χ0) is 14.1. The third-order valence-electron chi connectivity index (χ3n) is 3.62. The van der Waals surface area contributed by atoms with Crippen LogP contribution in [0.15, 0.2) is 0 Å². The van der Waals surface area contributed by atoms with Gasteiger partial charge in [0.1, 0.15) is 0 Å². The molecule has 18 heavy (non-hydrogen) atoms. The second-order valence-electron chi connectivity index (χ2n) is 6.40. The average Bonchev–Trinajstić information content (AvgIpc) is 2.20. The largest absolute Gasteiger partial charge is 0.327 e. The van der Waals surface area contributed by atoms with Gasteiger partial charge in [0.05, 0.1) is 0 Å². The lowest BCUT2D eigenvalue weighted by atomic mass is 9.81. The van der Waals surface area contributed by atoms with E-state index >= 15 is 0 Å². The van der Waals surface area contributed by atoms with Gasteiger partial charge in [-0.05, 0) is 17.8 Å². The highest BCUT2D eigenvalue weighted by atomic mass is 32.2. The number of nitrogens with zero attached hydrogens (tertiary/aromatic N) is 2. The molecule has 1 atom stereocenters. The van der Waals surface area contributed by atoms with Crippen LogP contribution >= 0.6 is 0 Å². The van der Waals surface area contributed by atoms with Crippen molar-refractivity contribution in [3.63, 3.8) is 0 Å². The molecule has 1 saturated heterocycles. The van der Waals surface area contributed by atoms with Gasteiger partial charge in [0, 0.05) is 32.7 Å². The number of hydrogen-bond acceptors (Lipinski definition) is 3. The van der Waals surface area contributed by atoms with Crippen LogP contribution in [0.1, 0.15) is 34.1 Å². The van der Waals surface area contributed by atoms with Crippen molar-refractivity contribution in [3.8, 4) is 0 Å². The Hall–Kier alpha value is -0.170. The lowest BCUT2D eigenvalue weighted by molar-refractivity contribution is 0.149. The van der Waals surface area contributed by atoms with Crippen molar-refractivity contribution < 1.29 is 8.42 Å². The number of rotatable bonds is 4. The van der Waals surface area contributed by atoms with Gasteiger partial charge >= 0.3 is 0 Å². The smallest absolute Gasteiger partial charge is 0.281 e. The summed E-state index contributed by atoms with van der Waals surface area (Å²) in [5.41, 5.74) is 5.88. The van der Waals surface area contributed by atoms with Crippen LogP contribution in [0.5, 0.6) is 0 Å². The minimum atomic E-state index is -3.34. The summed E-state index contributed by atoms with van der Waals surface area (Å²) in [7, 11) is -1.69. The molecule has 1 aliphatic heterocycles. The van der Waals surface area contributed by atoms with Crippen molar-refractivity contribution in [2.24, 2.45) is 17.1 Å². The zero-order valence-electron chi connectivity index (χ0n) is 12.2. The molecule has 1 fully saturated rings. The normalized spacial score (nSPS) is 25.9. The van der Waals surface area contributed by atoms with Crippen molar-refractivity contribution in [1.82, 2.24) is 8.61 Å². The van der Waals surface area contributed by atoms with Crippen LogP contribution in [0.25, 0.3) is 0 Å². The molecule has 0 bridgehead atoms. The highest BCUT2D eigenvalue weighted by molar-refractivity contribution is 7.86. The van der Waals surface area contributed by atoms with E-state index in [1.807, 2.05) is 27.7 Å². The van der Waals surface area contributed by atoms with Crippen molar-refractivity contribution in [2.75, 3.05) is 26.7 Å². The average molecular weight is 277 g/mol. The van der Waals surface area contributed by atoms with Gasteiger partial charge in [-0.2, -0.15) is 17.0 Å². The molecule has 0 aromatic heterocycles. The van der Waals surface area contributed by atoms with Crippen LogP contribution in [-0.4, -0.2) is 49.8 Å². The second kappa shape index (κ2) is 5.45. The maximum Gasteiger partial charge on any atom is 0.281 e. The fourth-order valence-electron chi connectivity index (χ4n) is 2.33. The van der Waals surface area contributed by atoms with Crippen molar-refractivity contribution in [2.45, 2.75) is 40.2 Å². The predicted molar refractivity (Wildman–Crippen MR) is 74.3 cm³/mol. The Labute approximate surface area is 112 Å². The Kier molecular flexibility index (Phi) is 4.81. The Morgan fingerprint density at radius 2 is 2.00 bits per heavy atom. The van der Waals surface area contributed by atoms with Gasteiger partial charge in [-0.1, -0.05) is 27.7 Å². The van der Waals surface area contributed by atoms with Crippen LogP contribution in [0, 0.1) is 11.3 Å². The fourth-order valence-corrected chi connectivity index (χ4v) is 4.04. The van der Waals surface area contributed by atoms with Crippen LogP contribution in [0.3, 0.4) is 0 Å². The lowest BCUT2D eigenvalue weighted by Crippen LogP contribution is -2.56. The van der Waals surface area contributed by atoms with E-state index in [1.165, 1.54) is 4.31 Å². The predicted octanol–water partition coefficient (Wildman–Crippen LogP) is 0.878. The first-order valence-corrected chi connectivity index (χ1v) is 7.94. The molecule has 0 spiro atoms. The molecule has 1 aliphatic rings. The summed E-state index contributed by atoms with van der Waals surface area (Å²) in [5, 5.41) is 0. The van der Waals surface area contributed by atoms with Crippen LogP contribution in [0.2, 0.25) is 0 Å². The zero-order valence-corrected chi connectivity index (χ0v) is 13.0. The van der Waals surface area contributed by atoms with E-state index in [0.717, 1.165) is 6.42 Å². The van der Waals surface area contributed by atoms with Crippen molar-refractivity contribution >= 4 is 10.2 Å². The Bertz CT molecular complexity index is 379. The highest BCUT2D eigenvalue weighted by Gasteiger charge is 2.39. The summed E-state index contributed by atoms with van der Waals surface area (Å²) in [6, 6.07) is 0.0688. The highest BCUT2D eigenvalue weighted by Crippen LogP contribution is 2.29. The van der Waals surface area contributed by atoms with E-state index in [2.05, 4.69) is 0 Å². The summed E-state index contributed by atoms with van der Waals surface area (Å²) in [6.45, 7) is 9.66. The summed E-state index contributed by atoms with van der Waals surface area (Å²) < 4.78 is 27.9. The van der Waals surface area contributed by atoms with E-state index in [9.17, 15) is 8.42 Å². The summed E-state index contributed by atoms with van der Waals surface area (Å²) in [4.78, 5) is 0. The standard InChI is InChI=1S/C12H27N3O2S/c1-10(2)8-14(5)18(16,17)15-7-6-11(13)12(3,4)9-15/h10-11H,6-9,13H2,1-5H3. The van der Waals surface area contributed by atoms with E-state index in [4.69, 9.17) is 5.73 Å². The van der Waals surface area contributed by atoms with Crippen molar-refractivity contribution in [3.05, 3.63) is 0 Å². The van der Waals surface area contributed by atoms with Gasteiger partial charge in [-0.15, -0.1) is 0 Å². The third kappa shape index (κ3) is 3.44. The van der Waals surface area contributed by atoms with E-state index < -0.39 is 10.2 Å². The Morgan fingerprint density at radius 3 is 2.44 bits per heavy atom. The summed E-state index contributed by atoms with van der Waals surface area (Å²) in [5.74, 6) is 0.324. The van der Waals surface area contributed by atoms with Crippen LogP contribution in [0.4, 0.5) is 0 Å². The maximum atomic E-state index is 12.4. The molecule has 0 radical (unpaired) electrons. The van der Waals surface area contributed by atoms with Gasteiger partial charge in [0.25, 0.3) is 10.2 Å². The van der Waals surface area contributed by atoms with Crippen LogP contribution < -0.4 is 5.73 Å². The molecular weight excluding hydrogens is 250 g/mol. The molecule has 1 heterocycles. The number of nitrogens with two attached hydrogens (primary N) is 1. The molecule has 5 nitrogen and oxygen atoms in total. The molecular formula is C12H27N3O2S. The SMILES string of the molecule is CC(C)CN(C)S(=O)(=O)N1CCC(N)C(C)(C)C1. The van der Waals surface area contributed by atoms with Crippen LogP contribution in [-0.2, 0) is 10.2 Å². The first-order chi connectivity index (χ1) is 8.07. The Balaban J connectivity index is 2.81. The molecule has 0 aromatic rings. The first kappa shape index (κ1) is 15.9. The second-order valence-corrected chi connectivity index (χ2v) is 8.43. The molecule has 0 aromatic carbocycles. The number of hydrogen-bond donors (Lipinski definition) is 1. The summed E-state index contributed by atoms with van der Waals surface area (Å²) in [6.07, 6.45) is 0.724. The summed E-state index contributed by atoms with van der Waals surface area (Å²) >= 11 is 0. The minimum Gasteiger partial charge on any atom is -0.327 e. The van der Waals surface area contributed by atoms with Gasteiger partial charge < -0.3 is 5.73 Å². The molecule has 2 N–H and O–H groups in total. The fraction of sp³-hybridized carbons (Fsp3) is 1.00. The van der Waals surface area contributed by atoms with E-state index in [1.54, 1.807) is 11.4 Å². The molecule has 0 amide bonds. The van der Waals surface area contributed by atoms with E-state index in [0.29, 0.717) is 25.6 Å². The molecule has 6 heteroatoms. The lowest BCUT2D eigenvalue weighted by Gasteiger charge is -2.42. The molecule has 0 aliphatic carbocycles. The topological polar surface area (TPSA) is 66.6 Å². The van der Waals surface area contributed by atoms with Gasteiger partial charge in [0.2, 0.25) is 0 Å². The van der Waals surface area contributed by atoms with Gasteiger partial charge in [-0.25, -0.2) is 0 Å². The third-order valence-corrected chi connectivity index (χ3v) is 5.52. The quantitative estimate of drug-likeness (QED) is 0.829.